The maximum atomic E-state index is 3.21. The molecule has 0 saturated carbocycles. The summed E-state index contributed by atoms with van der Waals surface area (Å²) in [5, 5.41) is 1.36. The number of rotatable bonds is 0. The van der Waals surface area contributed by atoms with Crippen LogP contribution in [-0.4, -0.2) is 27.5 Å². The van der Waals surface area contributed by atoms with Crippen LogP contribution in [0, 0.1) is 0 Å². The second kappa shape index (κ2) is 2.31. The Labute approximate surface area is 72.5 Å². The van der Waals surface area contributed by atoms with Crippen molar-refractivity contribution in [2.75, 3.05) is 0 Å². The molecular weight excluding hydrogens is 229 g/mol. The van der Waals surface area contributed by atoms with Crippen LogP contribution in [0.1, 0.15) is 0 Å². The summed E-state index contributed by atoms with van der Waals surface area (Å²) >= 11 is 1.47. The third kappa shape index (κ3) is 0.850. The molecule has 3 radical (unpaired) electrons. The van der Waals surface area contributed by atoms with Crippen LogP contribution in [0.5, 0.6) is 0 Å². The summed E-state index contributed by atoms with van der Waals surface area (Å²) in [6.07, 6.45) is 2.07. The number of fused-ring (bicyclic) bond motifs is 1. The molecule has 2 rings (SSSR count). The first kappa shape index (κ1) is 6.28. The SMILES string of the molecule is [Sn][c]1c[nH]c2ccccc12. The van der Waals surface area contributed by atoms with E-state index < -0.39 is 0 Å². The number of hydrogen-bond acceptors (Lipinski definition) is 0. The van der Waals surface area contributed by atoms with Crippen molar-refractivity contribution in [2.24, 2.45) is 0 Å². The van der Waals surface area contributed by atoms with Crippen LogP contribution in [0.25, 0.3) is 10.9 Å². The predicted octanol–water partition coefficient (Wildman–Crippen LogP) is 0.962. The van der Waals surface area contributed by atoms with Gasteiger partial charge in [-0.1, -0.05) is 0 Å². The van der Waals surface area contributed by atoms with Crippen LogP contribution < -0.4 is 3.58 Å². The molecule has 1 N–H and O–H groups in total. The number of aromatic nitrogens is 1. The molecule has 1 aromatic carbocycles. The zero-order valence-corrected chi connectivity index (χ0v) is 8.24. The van der Waals surface area contributed by atoms with Gasteiger partial charge < -0.3 is 0 Å². The molecule has 10 heavy (non-hydrogen) atoms. The van der Waals surface area contributed by atoms with Crippen molar-refractivity contribution in [1.82, 2.24) is 4.98 Å². The van der Waals surface area contributed by atoms with Crippen molar-refractivity contribution in [3.05, 3.63) is 30.5 Å². The Morgan fingerprint density at radius 3 is 2.80 bits per heavy atom. The van der Waals surface area contributed by atoms with Crippen LogP contribution in [-0.2, 0) is 0 Å². The third-order valence-corrected chi connectivity index (χ3v) is 2.77. The topological polar surface area (TPSA) is 15.8 Å². The van der Waals surface area contributed by atoms with Gasteiger partial charge in [-0.15, -0.1) is 0 Å². The van der Waals surface area contributed by atoms with Crippen LogP contribution in [0.4, 0.5) is 0 Å². The van der Waals surface area contributed by atoms with Crippen LogP contribution >= 0.6 is 0 Å². The van der Waals surface area contributed by atoms with E-state index >= 15 is 0 Å². The summed E-state index contributed by atoms with van der Waals surface area (Å²) < 4.78 is 1.41. The molecule has 0 bridgehead atoms. The van der Waals surface area contributed by atoms with Gasteiger partial charge in [0.25, 0.3) is 0 Å². The first-order chi connectivity index (χ1) is 4.88. The van der Waals surface area contributed by atoms with Gasteiger partial charge in [0.1, 0.15) is 0 Å². The second-order valence-electron chi connectivity index (χ2n) is 2.25. The number of benzene rings is 1. The Hall–Kier alpha value is -0.441. The Morgan fingerprint density at radius 2 is 2.00 bits per heavy atom. The van der Waals surface area contributed by atoms with Gasteiger partial charge in [0.15, 0.2) is 0 Å². The summed E-state index contributed by atoms with van der Waals surface area (Å²) in [6, 6.07) is 8.37. The maximum absolute atomic E-state index is 3.21. The van der Waals surface area contributed by atoms with Crippen molar-refractivity contribution >= 4 is 37.0 Å². The van der Waals surface area contributed by atoms with E-state index in [9.17, 15) is 0 Å². The molecule has 0 amide bonds. The number of aromatic amines is 1. The molecule has 0 unspecified atom stereocenters. The molecule has 2 heteroatoms. The molecule has 1 heterocycles. The van der Waals surface area contributed by atoms with E-state index in [1.165, 1.54) is 37.0 Å². The molecule has 0 saturated heterocycles. The van der Waals surface area contributed by atoms with Crippen molar-refractivity contribution in [1.29, 1.82) is 0 Å². The minimum atomic E-state index is 1.24. The Kier molecular flexibility index (Phi) is 1.45. The molecule has 0 spiro atoms. The quantitative estimate of drug-likeness (QED) is 0.654. The average Bonchev–Trinajstić information content (AvgIpc) is 2.34. The molecule has 1 aromatic heterocycles. The Bertz CT molecular complexity index is 351. The predicted molar refractivity (Wildman–Crippen MR) is 43.7 cm³/mol. The van der Waals surface area contributed by atoms with Gasteiger partial charge in [0.2, 0.25) is 0 Å². The number of hydrogen-bond donors (Lipinski definition) is 1. The van der Waals surface area contributed by atoms with Crippen molar-refractivity contribution in [2.45, 2.75) is 0 Å². The molecule has 47 valence electrons. The summed E-state index contributed by atoms with van der Waals surface area (Å²) in [5.41, 5.74) is 1.24. The zero-order valence-electron chi connectivity index (χ0n) is 5.39. The summed E-state index contributed by atoms with van der Waals surface area (Å²) in [7, 11) is 0. The van der Waals surface area contributed by atoms with E-state index in [4.69, 9.17) is 0 Å². The van der Waals surface area contributed by atoms with Gasteiger partial charge >= 0.3 is 72.5 Å². The van der Waals surface area contributed by atoms with Gasteiger partial charge in [-0.05, 0) is 0 Å². The zero-order chi connectivity index (χ0) is 6.97. The third-order valence-electron chi connectivity index (χ3n) is 1.59. The molecule has 0 aliphatic carbocycles. The molecule has 0 fully saturated rings. The fourth-order valence-corrected chi connectivity index (χ4v) is 1.90. The average molecular weight is 235 g/mol. The van der Waals surface area contributed by atoms with Crippen molar-refractivity contribution < 1.29 is 0 Å². The Balaban J connectivity index is 2.93. The first-order valence-corrected chi connectivity index (χ1v) is 4.58. The molecule has 0 atom stereocenters. The van der Waals surface area contributed by atoms with Crippen LogP contribution in [0.3, 0.4) is 0 Å². The molecule has 1 nitrogen and oxygen atoms in total. The fourth-order valence-electron chi connectivity index (χ4n) is 1.07. The normalized spacial score (nSPS) is 10.5. The molecule has 2 aromatic rings. The van der Waals surface area contributed by atoms with Gasteiger partial charge in [-0.3, -0.25) is 0 Å². The van der Waals surface area contributed by atoms with E-state index in [-0.39, 0.29) is 0 Å². The molecular formula is C8H6NSn. The van der Waals surface area contributed by atoms with E-state index in [1.807, 2.05) is 6.07 Å². The second-order valence-corrected chi connectivity index (χ2v) is 3.79. The van der Waals surface area contributed by atoms with Crippen molar-refractivity contribution in [3.8, 4) is 0 Å². The van der Waals surface area contributed by atoms with Crippen LogP contribution in [0.2, 0.25) is 0 Å². The van der Waals surface area contributed by atoms with Gasteiger partial charge in [0, 0.05) is 0 Å². The number of nitrogens with one attached hydrogen (secondary N) is 1. The molecule has 0 aliphatic rings. The van der Waals surface area contributed by atoms with Gasteiger partial charge in [-0.25, -0.2) is 0 Å². The molecule has 0 aliphatic heterocycles. The standard InChI is InChI=1S/C8H6N.Sn/c1-2-4-8-7(3-1)5-6-9-8;/h1-4,6,9H;. The van der Waals surface area contributed by atoms with E-state index in [0.29, 0.717) is 0 Å². The van der Waals surface area contributed by atoms with E-state index in [0.717, 1.165) is 0 Å². The minimum absolute atomic E-state index is 1.24. The van der Waals surface area contributed by atoms with Gasteiger partial charge in [-0.2, -0.15) is 0 Å². The number of para-hydroxylation sites is 1. The number of H-pyrrole nitrogens is 1. The first-order valence-electron chi connectivity index (χ1n) is 3.15. The summed E-state index contributed by atoms with van der Waals surface area (Å²) in [5.74, 6) is 0. The van der Waals surface area contributed by atoms with Crippen LogP contribution in [0.15, 0.2) is 30.5 Å². The summed E-state index contributed by atoms with van der Waals surface area (Å²) in [6.45, 7) is 0. The van der Waals surface area contributed by atoms with E-state index in [1.54, 1.807) is 0 Å². The summed E-state index contributed by atoms with van der Waals surface area (Å²) in [4.78, 5) is 3.21. The van der Waals surface area contributed by atoms with Crippen molar-refractivity contribution in [3.63, 3.8) is 0 Å². The Morgan fingerprint density at radius 1 is 1.20 bits per heavy atom. The monoisotopic (exact) mass is 236 g/mol. The van der Waals surface area contributed by atoms with E-state index in [2.05, 4.69) is 29.4 Å². The fraction of sp³-hybridized carbons (Fsp3) is 0. The van der Waals surface area contributed by atoms with Gasteiger partial charge in [0.05, 0.1) is 0 Å².